The zero-order valence-corrected chi connectivity index (χ0v) is 10.2. The summed E-state index contributed by atoms with van der Waals surface area (Å²) in [5, 5.41) is 0. The Morgan fingerprint density at radius 2 is 2.36 bits per heavy atom. The summed E-state index contributed by atoms with van der Waals surface area (Å²) in [5.74, 6) is 0.916. The van der Waals surface area contributed by atoms with Crippen molar-refractivity contribution in [1.29, 1.82) is 0 Å². The molecule has 0 heterocycles. The van der Waals surface area contributed by atoms with Crippen molar-refractivity contribution in [3.05, 3.63) is 34.1 Å². The Hall–Kier alpha value is -0.0800. The van der Waals surface area contributed by atoms with E-state index in [0.29, 0.717) is 11.8 Å². The van der Waals surface area contributed by atoms with Crippen molar-refractivity contribution >= 4 is 27.5 Å². The number of hydrogen-bond acceptors (Lipinski definition) is 0. The molecule has 14 heavy (non-hydrogen) atoms. The van der Waals surface area contributed by atoms with Gasteiger partial charge in [0.25, 0.3) is 0 Å². The predicted molar refractivity (Wildman–Crippen MR) is 60.3 cm³/mol. The van der Waals surface area contributed by atoms with Crippen LogP contribution in [-0.4, -0.2) is 5.88 Å². The van der Waals surface area contributed by atoms with Gasteiger partial charge in [-0.1, -0.05) is 22.9 Å². The van der Waals surface area contributed by atoms with E-state index in [0.717, 1.165) is 16.5 Å². The van der Waals surface area contributed by atoms with Crippen LogP contribution in [0.25, 0.3) is 0 Å². The van der Waals surface area contributed by atoms with Crippen molar-refractivity contribution in [2.75, 3.05) is 5.88 Å². The fourth-order valence-corrected chi connectivity index (χ4v) is 2.75. The van der Waals surface area contributed by atoms with E-state index in [1.54, 1.807) is 6.07 Å². The quantitative estimate of drug-likeness (QED) is 0.714. The number of benzene rings is 1. The summed E-state index contributed by atoms with van der Waals surface area (Å²) in [6.45, 7) is 2.07. The van der Waals surface area contributed by atoms with Gasteiger partial charge < -0.3 is 0 Å². The smallest absolute Gasteiger partial charge is 0.127 e. The van der Waals surface area contributed by atoms with E-state index in [2.05, 4.69) is 22.9 Å². The molecule has 0 aliphatic heterocycles. The van der Waals surface area contributed by atoms with Gasteiger partial charge in [0.15, 0.2) is 0 Å². The molecule has 1 fully saturated rings. The molecule has 1 saturated carbocycles. The summed E-state index contributed by atoms with van der Waals surface area (Å²) in [6, 6.07) is 5.09. The van der Waals surface area contributed by atoms with Gasteiger partial charge in [-0.3, -0.25) is 0 Å². The molecule has 1 aliphatic rings. The van der Waals surface area contributed by atoms with Gasteiger partial charge in [-0.2, -0.15) is 0 Å². The van der Waals surface area contributed by atoms with Crippen LogP contribution in [0.2, 0.25) is 0 Å². The van der Waals surface area contributed by atoms with E-state index in [-0.39, 0.29) is 11.2 Å². The van der Waals surface area contributed by atoms with Gasteiger partial charge in [0.05, 0.1) is 0 Å². The lowest BCUT2D eigenvalue weighted by Gasteiger charge is -2.12. The third kappa shape index (κ3) is 1.59. The summed E-state index contributed by atoms with van der Waals surface area (Å²) in [6.07, 6.45) is 0.990. The highest BCUT2D eigenvalue weighted by Gasteiger charge is 2.51. The SMILES string of the molecule is CC1(c2cc(Br)ccc2F)CC1CCl. The van der Waals surface area contributed by atoms with Crippen LogP contribution in [0.1, 0.15) is 18.9 Å². The summed E-state index contributed by atoms with van der Waals surface area (Å²) in [5.41, 5.74) is 0.743. The first kappa shape index (κ1) is 10.4. The van der Waals surface area contributed by atoms with Crippen molar-refractivity contribution < 1.29 is 4.39 Å². The number of alkyl halides is 1. The van der Waals surface area contributed by atoms with Crippen LogP contribution >= 0.6 is 27.5 Å². The van der Waals surface area contributed by atoms with Gasteiger partial charge in [-0.05, 0) is 41.5 Å². The lowest BCUT2D eigenvalue weighted by Crippen LogP contribution is -2.08. The molecule has 1 aliphatic carbocycles. The summed E-state index contributed by atoms with van der Waals surface area (Å²) < 4.78 is 14.5. The Bertz CT molecular complexity index is 366. The van der Waals surface area contributed by atoms with Gasteiger partial charge in [0.2, 0.25) is 0 Å². The first-order chi connectivity index (χ1) is 6.58. The zero-order valence-electron chi connectivity index (χ0n) is 7.86. The molecule has 0 aromatic heterocycles. The van der Waals surface area contributed by atoms with Crippen molar-refractivity contribution in [2.24, 2.45) is 5.92 Å². The maximum atomic E-state index is 13.6. The van der Waals surface area contributed by atoms with Gasteiger partial charge in [0.1, 0.15) is 5.82 Å². The zero-order chi connectivity index (χ0) is 10.3. The molecule has 0 saturated heterocycles. The Morgan fingerprint density at radius 1 is 1.64 bits per heavy atom. The van der Waals surface area contributed by atoms with E-state index in [9.17, 15) is 4.39 Å². The monoisotopic (exact) mass is 276 g/mol. The molecule has 0 amide bonds. The van der Waals surface area contributed by atoms with E-state index in [1.165, 1.54) is 6.07 Å². The normalized spacial score (nSPS) is 30.4. The number of rotatable bonds is 2. The third-order valence-electron chi connectivity index (χ3n) is 3.14. The molecule has 0 spiro atoms. The standard InChI is InChI=1S/C11H11BrClF/c1-11(5-7(11)6-13)9-4-8(12)2-3-10(9)14/h2-4,7H,5-6H2,1H3. The van der Waals surface area contributed by atoms with E-state index >= 15 is 0 Å². The van der Waals surface area contributed by atoms with Crippen molar-refractivity contribution in [1.82, 2.24) is 0 Å². The second-order valence-electron chi connectivity index (χ2n) is 4.10. The minimum atomic E-state index is -0.122. The van der Waals surface area contributed by atoms with E-state index in [4.69, 9.17) is 11.6 Å². The summed E-state index contributed by atoms with van der Waals surface area (Å²) in [4.78, 5) is 0. The van der Waals surface area contributed by atoms with Crippen LogP contribution in [0.4, 0.5) is 4.39 Å². The van der Waals surface area contributed by atoms with Crippen molar-refractivity contribution in [3.8, 4) is 0 Å². The largest absolute Gasteiger partial charge is 0.207 e. The molecular formula is C11H11BrClF. The molecule has 0 radical (unpaired) electrons. The Morgan fingerprint density at radius 3 is 2.93 bits per heavy atom. The minimum absolute atomic E-state index is 0.0460. The molecule has 1 aromatic carbocycles. The van der Waals surface area contributed by atoms with Crippen LogP contribution in [0, 0.1) is 11.7 Å². The van der Waals surface area contributed by atoms with Crippen molar-refractivity contribution in [3.63, 3.8) is 0 Å². The minimum Gasteiger partial charge on any atom is -0.207 e. The lowest BCUT2D eigenvalue weighted by molar-refractivity contribution is 0.572. The van der Waals surface area contributed by atoms with E-state index < -0.39 is 0 Å². The first-order valence-electron chi connectivity index (χ1n) is 4.59. The summed E-state index contributed by atoms with van der Waals surface area (Å²) >= 11 is 9.15. The molecule has 0 N–H and O–H groups in total. The highest BCUT2D eigenvalue weighted by Crippen LogP contribution is 2.55. The summed E-state index contributed by atoms with van der Waals surface area (Å²) in [7, 11) is 0. The highest BCUT2D eigenvalue weighted by atomic mass is 79.9. The Kier molecular flexibility index (Phi) is 2.61. The Balaban J connectivity index is 2.38. The maximum Gasteiger partial charge on any atom is 0.127 e. The second kappa shape index (κ2) is 3.49. The van der Waals surface area contributed by atoms with E-state index in [1.807, 2.05) is 6.07 Å². The number of halogens is 3. The molecule has 0 bridgehead atoms. The van der Waals surface area contributed by atoms with Crippen LogP contribution in [-0.2, 0) is 5.41 Å². The average molecular weight is 278 g/mol. The third-order valence-corrected chi connectivity index (χ3v) is 4.01. The topological polar surface area (TPSA) is 0 Å². The predicted octanol–water partition coefficient (Wildman–Crippen LogP) is 4.10. The van der Waals surface area contributed by atoms with Crippen LogP contribution in [0.15, 0.2) is 22.7 Å². The van der Waals surface area contributed by atoms with Gasteiger partial charge >= 0.3 is 0 Å². The second-order valence-corrected chi connectivity index (χ2v) is 5.32. The van der Waals surface area contributed by atoms with Crippen molar-refractivity contribution in [2.45, 2.75) is 18.8 Å². The van der Waals surface area contributed by atoms with Gasteiger partial charge in [-0.25, -0.2) is 4.39 Å². The van der Waals surface area contributed by atoms with Crippen LogP contribution < -0.4 is 0 Å². The van der Waals surface area contributed by atoms with Gasteiger partial charge in [0, 0.05) is 10.4 Å². The molecule has 2 rings (SSSR count). The molecule has 0 nitrogen and oxygen atoms in total. The number of hydrogen-bond donors (Lipinski definition) is 0. The van der Waals surface area contributed by atoms with Crippen LogP contribution in [0.5, 0.6) is 0 Å². The fraction of sp³-hybridized carbons (Fsp3) is 0.455. The van der Waals surface area contributed by atoms with Gasteiger partial charge in [-0.15, -0.1) is 11.6 Å². The Labute approximate surface area is 96.6 Å². The molecule has 3 heteroatoms. The lowest BCUT2D eigenvalue weighted by atomic mass is 9.95. The molecule has 1 aromatic rings. The maximum absolute atomic E-state index is 13.6. The first-order valence-corrected chi connectivity index (χ1v) is 5.92. The highest BCUT2D eigenvalue weighted by molar-refractivity contribution is 9.10. The molecular weight excluding hydrogens is 266 g/mol. The van der Waals surface area contributed by atoms with Crippen LogP contribution in [0.3, 0.4) is 0 Å². The fourth-order valence-electron chi connectivity index (χ4n) is 1.94. The molecule has 2 unspecified atom stereocenters. The average Bonchev–Trinajstić information content (AvgIpc) is 2.83. The molecule has 76 valence electrons. The molecule has 2 atom stereocenters.